The number of pyridine rings is 1. The van der Waals surface area contributed by atoms with E-state index in [-0.39, 0.29) is 29.0 Å². The predicted molar refractivity (Wildman–Crippen MR) is 105 cm³/mol. The highest BCUT2D eigenvalue weighted by Gasteiger charge is 2.34. The van der Waals surface area contributed by atoms with Crippen molar-refractivity contribution in [1.29, 1.82) is 0 Å². The quantitative estimate of drug-likeness (QED) is 0.775. The number of nitrogens with one attached hydrogen (secondary N) is 1. The Morgan fingerprint density at radius 3 is 2.66 bits per heavy atom. The van der Waals surface area contributed by atoms with Gasteiger partial charge in [0.15, 0.2) is 0 Å². The maximum atomic E-state index is 13.7. The van der Waals surface area contributed by atoms with Crippen LogP contribution in [0.15, 0.2) is 36.7 Å². The summed E-state index contributed by atoms with van der Waals surface area (Å²) in [6, 6.07) is 5.81. The highest BCUT2D eigenvalue weighted by Crippen LogP contribution is 2.34. The Morgan fingerprint density at radius 1 is 1.21 bits per heavy atom. The molecule has 0 bridgehead atoms. The summed E-state index contributed by atoms with van der Waals surface area (Å²) in [6.07, 6.45) is 4.19. The summed E-state index contributed by atoms with van der Waals surface area (Å²) in [6.45, 7) is 4.11. The maximum Gasteiger partial charge on any atom is 0.313 e. The van der Waals surface area contributed by atoms with Crippen LogP contribution in [0.4, 0.5) is 10.1 Å². The van der Waals surface area contributed by atoms with Gasteiger partial charge in [0.1, 0.15) is 5.82 Å². The van der Waals surface area contributed by atoms with Gasteiger partial charge in [0.05, 0.1) is 23.5 Å². The molecule has 0 radical (unpaired) electrons. The van der Waals surface area contributed by atoms with Gasteiger partial charge in [-0.15, -0.1) is 0 Å². The number of anilines is 1. The second-order valence-corrected chi connectivity index (χ2v) is 7.45. The summed E-state index contributed by atoms with van der Waals surface area (Å²) in [7, 11) is 0. The van der Waals surface area contributed by atoms with Crippen molar-refractivity contribution in [2.45, 2.75) is 32.7 Å². The molecular weight excluding hydrogens is 375 g/mol. The first-order chi connectivity index (χ1) is 13.8. The van der Waals surface area contributed by atoms with Crippen LogP contribution in [-0.2, 0) is 9.59 Å². The fourth-order valence-electron chi connectivity index (χ4n) is 3.56. The summed E-state index contributed by atoms with van der Waals surface area (Å²) in [4.78, 5) is 42.2. The van der Waals surface area contributed by atoms with Crippen molar-refractivity contribution in [2.24, 2.45) is 11.7 Å². The predicted octanol–water partition coefficient (Wildman–Crippen LogP) is 2.57. The molecule has 0 unspecified atom stereocenters. The highest BCUT2D eigenvalue weighted by atomic mass is 19.1. The lowest BCUT2D eigenvalue weighted by atomic mass is 9.89. The number of piperidine rings is 1. The van der Waals surface area contributed by atoms with E-state index in [2.05, 4.69) is 10.3 Å². The maximum absolute atomic E-state index is 13.7. The van der Waals surface area contributed by atoms with E-state index in [0.717, 1.165) is 12.0 Å². The zero-order chi connectivity index (χ0) is 21.1. The molecule has 1 saturated heterocycles. The number of amides is 3. The van der Waals surface area contributed by atoms with Crippen molar-refractivity contribution in [3.05, 3.63) is 59.2 Å². The first-order valence-corrected chi connectivity index (χ1v) is 9.39. The zero-order valence-electron chi connectivity index (χ0n) is 16.3. The lowest BCUT2D eigenvalue weighted by molar-refractivity contribution is -0.146. The molecule has 1 aromatic heterocycles. The van der Waals surface area contributed by atoms with Crippen LogP contribution >= 0.6 is 0 Å². The van der Waals surface area contributed by atoms with E-state index in [0.29, 0.717) is 18.5 Å². The van der Waals surface area contributed by atoms with Crippen LogP contribution in [0.2, 0.25) is 0 Å². The van der Waals surface area contributed by atoms with Gasteiger partial charge in [0.25, 0.3) is 0 Å². The van der Waals surface area contributed by atoms with E-state index in [4.69, 9.17) is 5.73 Å². The van der Waals surface area contributed by atoms with Crippen LogP contribution in [0, 0.1) is 18.7 Å². The third kappa shape index (κ3) is 4.59. The Balaban J connectivity index is 1.81. The highest BCUT2D eigenvalue weighted by molar-refractivity contribution is 6.39. The van der Waals surface area contributed by atoms with Gasteiger partial charge in [0.2, 0.25) is 5.91 Å². The topological polar surface area (TPSA) is 105 Å². The number of nitrogens with zero attached hydrogens (tertiary/aromatic N) is 2. The van der Waals surface area contributed by atoms with Crippen molar-refractivity contribution >= 4 is 23.4 Å². The number of carbonyl (C=O) groups excluding carboxylic acids is 3. The third-order valence-electron chi connectivity index (χ3n) is 5.12. The normalized spacial score (nSPS) is 18.9. The molecule has 2 aromatic rings. The molecular formula is C21H23FN4O3. The fourth-order valence-corrected chi connectivity index (χ4v) is 3.56. The van der Waals surface area contributed by atoms with Crippen LogP contribution < -0.4 is 11.1 Å². The molecule has 1 aliphatic heterocycles. The number of hydrogen-bond donors (Lipinski definition) is 2. The van der Waals surface area contributed by atoms with Crippen molar-refractivity contribution in [1.82, 2.24) is 9.88 Å². The molecule has 1 fully saturated rings. The van der Waals surface area contributed by atoms with Gasteiger partial charge < -0.3 is 16.0 Å². The van der Waals surface area contributed by atoms with Crippen LogP contribution in [0.25, 0.3) is 0 Å². The van der Waals surface area contributed by atoms with Gasteiger partial charge in [0, 0.05) is 12.7 Å². The minimum absolute atomic E-state index is 0.126. The van der Waals surface area contributed by atoms with Gasteiger partial charge in [-0.3, -0.25) is 19.4 Å². The standard InChI is InChI=1S/C21H23FN4O3/c1-12-3-6-18(14-4-5-17(22)13(2)7-14)26(11-12)21(29)20(28)25-16-8-15(19(23)27)9-24-10-16/h4-5,7-10,12,18H,3,6,11H2,1-2H3,(H2,23,27)(H,25,28)/t12-,18+/m1/s1. The lowest BCUT2D eigenvalue weighted by Crippen LogP contribution is -2.46. The van der Waals surface area contributed by atoms with E-state index < -0.39 is 17.7 Å². The average molecular weight is 398 g/mol. The van der Waals surface area contributed by atoms with Crippen LogP contribution in [0.1, 0.15) is 47.3 Å². The van der Waals surface area contributed by atoms with Crippen molar-refractivity contribution in [3.63, 3.8) is 0 Å². The first-order valence-electron chi connectivity index (χ1n) is 9.39. The smallest absolute Gasteiger partial charge is 0.313 e. The second kappa shape index (κ2) is 8.38. The number of rotatable bonds is 3. The number of likely N-dealkylation sites (tertiary alicyclic amines) is 1. The van der Waals surface area contributed by atoms with Gasteiger partial charge >= 0.3 is 11.8 Å². The summed E-state index contributed by atoms with van der Waals surface area (Å²) in [5, 5.41) is 2.48. The molecule has 0 spiro atoms. The van der Waals surface area contributed by atoms with Gasteiger partial charge in [-0.25, -0.2) is 4.39 Å². The third-order valence-corrected chi connectivity index (χ3v) is 5.12. The monoisotopic (exact) mass is 398 g/mol. The first kappa shape index (κ1) is 20.4. The number of hydrogen-bond acceptors (Lipinski definition) is 4. The van der Waals surface area contributed by atoms with Crippen molar-refractivity contribution < 1.29 is 18.8 Å². The Morgan fingerprint density at radius 2 is 1.97 bits per heavy atom. The molecule has 0 saturated carbocycles. The Hall–Kier alpha value is -3.29. The number of benzene rings is 1. The van der Waals surface area contributed by atoms with Crippen LogP contribution in [-0.4, -0.2) is 34.2 Å². The number of halogens is 1. The van der Waals surface area contributed by atoms with Crippen LogP contribution in [0.5, 0.6) is 0 Å². The summed E-state index contributed by atoms with van der Waals surface area (Å²) < 4.78 is 13.7. The molecule has 0 aliphatic carbocycles. The number of primary amides is 1. The molecule has 152 valence electrons. The lowest BCUT2D eigenvalue weighted by Gasteiger charge is -2.38. The molecule has 1 aliphatic rings. The second-order valence-electron chi connectivity index (χ2n) is 7.45. The van der Waals surface area contributed by atoms with Gasteiger partial charge in [-0.05, 0) is 48.9 Å². The SMILES string of the molecule is Cc1cc([C@@H]2CC[C@@H](C)CN2C(=O)C(=O)Nc2cncc(C(N)=O)c2)ccc1F. The molecule has 8 heteroatoms. The summed E-state index contributed by atoms with van der Waals surface area (Å²) in [5.41, 5.74) is 6.84. The van der Waals surface area contributed by atoms with Crippen molar-refractivity contribution in [3.8, 4) is 0 Å². The summed E-state index contributed by atoms with van der Waals surface area (Å²) in [5.74, 6) is -2.27. The number of nitrogens with two attached hydrogens (primary N) is 1. The molecule has 3 N–H and O–H groups in total. The Labute approximate surface area is 168 Å². The van der Waals surface area contributed by atoms with Gasteiger partial charge in [-0.2, -0.15) is 0 Å². The van der Waals surface area contributed by atoms with E-state index in [1.807, 2.05) is 6.92 Å². The summed E-state index contributed by atoms with van der Waals surface area (Å²) >= 11 is 0. The molecule has 3 rings (SSSR count). The Kier molecular flexibility index (Phi) is 5.91. The number of aryl methyl sites for hydroxylation is 1. The van der Waals surface area contributed by atoms with E-state index >= 15 is 0 Å². The number of carbonyl (C=O) groups is 3. The molecule has 7 nitrogen and oxygen atoms in total. The minimum Gasteiger partial charge on any atom is -0.366 e. The van der Waals surface area contributed by atoms with E-state index in [1.165, 1.54) is 29.4 Å². The van der Waals surface area contributed by atoms with Gasteiger partial charge in [-0.1, -0.05) is 19.1 Å². The molecule has 2 heterocycles. The fraction of sp³-hybridized carbons (Fsp3) is 0.333. The van der Waals surface area contributed by atoms with E-state index in [1.54, 1.807) is 19.1 Å². The molecule has 1 aromatic carbocycles. The molecule has 29 heavy (non-hydrogen) atoms. The number of aromatic nitrogens is 1. The average Bonchev–Trinajstić information content (AvgIpc) is 2.69. The zero-order valence-corrected chi connectivity index (χ0v) is 16.3. The largest absolute Gasteiger partial charge is 0.366 e. The van der Waals surface area contributed by atoms with Crippen molar-refractivity contribution in [2.75, 3.05) is 11.9 Å². The Bertz CT molecular complexity index is 963. The van der Waals surface area contributed by atoms with Crippen LogP contribution in [0.3, 0.4) is 0 Å². The molecule has 3 amide bonds. The minimum atomic E-state index is -0.827. The molecule has 2 atom stereocenters. The van der Waals surface area contributed by atoms with E-state index in [9.17, 15) is 18.8 Å².